The van der Waals surface area contributed by atoms with Gasteiger partial charge in [-0.3, -0.25) is 0 Å². The average Bonchev–Trinajstić information content (AvgIpc) is 3.03. The van der Waals surface area contributed by atoms with Crippen molar-refractivity contribution in [2.24, 2.45) is 0 Å². The maximum atomic E-state index is 13.4. The number of aromatic amines is 1. The molecule has 3 nitrogen and oxygen atoms in total. The van der Waals surface area contributed by atoms with E-state index in [1.165, 1.54) is 6.07 Å². The molecule has 0 atom stereocenters. The van der Waals surface area contributed by atoms with Crippen LogP contribution in [0.25, 0.3) is 11.3 Å². The molecule has 0 bridgehead atoms. The summed E-state index contributed by atoms with van der Waals surface area (Å²) in [5, 5.41) is 3.27. The molecule has 0 unspecified atom stereocenters. The Morgan fingerprint density at radius 1 is 1.14 bits per heavy atom. The van der Waals surface area contributed by atoms with Gasteiger partial charge in [0, 0.05) is 12.2 Å². The van der Waals surface area contributed by atoms with Crippen LogP contribution in [0, 0.1) is 5.82 Å². The van der Waals surface area contributed by atoms with Crippen molar-refractivity contribution in [3.63, 3.8) is 0 Å². The lowest BCUT2D eigenvalue weighted by Crippen LogP contribution is -1.99. The SMILES string of the molecule is Fc1cc(CNc2ccc(-c3cnc[nH]3)cc2)ccc1Br. The summed E-state index contributed by atoms with van der Waals surface area (Å²) in [5.74, 6) is -0.246. The maximum Gasteiger partial charge on any atom is 0.137 e. The predicted molar refractivity (Wildman–Crippen MR) is 85.5 cm³/mol. The molecule has 1 aromatic heterocycles. The molecule has 0 saturated heterocycles. The van der Waals surface area contributed by atoms with Gasteiger partial charge in [0.2, 0.25) is 0 Å². The number of nitrogens with zero attached hydrogens (tertiary/aromatic N) is 1. The van der Waals surface area contributed by atoms with Gasteiger partial charge in [-0.15, -0.1) is 0 Å². The first-order chi connectivity index (χ1) is 10.2. The quantitative estimate of drug-likeness (QED) is 0.725. The van der Waals surface area contributed by atoms with Crippen LogP contribution in [0.1, 0.15) is 5.56 Å². The number of halogens is 2. The third kappa shape index (κ3) is 3.31. The molecule has 21 heavy (non-hydrogen) atoms. The first-order valence-corrected chi connectivity index (χ1v) is 7.28. The van der Waals surface area contributed by atoms with E-state index in [1.807, 2.05) is 30.3 Å². The van der Waals surface area contributed by atoms with Crippen molar-refractivity contribution in [3.05, 3.63) is 70.8 Å². The third-order valence-corrected chi connectivity index (χ3v) is 3.82. The molecule has 0 amide bonds. The number of anilines is 1. The van der Waals surface area contributed by atoms with Crippen molar-refractivity contribution in [3.8, 4) is 11.3 Å². The van der Waals surface area contributed by atoms with Crippen LogP contribution in [-0.4, -0.2) is 9.97 Å². The highest BCUT2D eigenvalue weighted by Gasteiger charge is 2.02. The molecular formula is C16H13BrFN3. The Labute approximate surface area is 130 Å². The van der Waals surface area contributed by atoms with Gasteiger partial charge in [0.15, 0.2) is 0 Å². The van der Waals surface area contributed by atoms with Gasteiger partial charge in [-0.2, -0.15) is 0 Å². The van der Waals surface area contributed by atoms with Crippen LogP contribution in [0.3, 0.4) is 0 Å². The van der Waals surface area contributed by atoms with Crippen LogP contribution in [0.5, 0.6) is 0 Å². The smallest absolute Gasteiger partial charge is 0.137 e. The highest BCUT2D eigenvalue weighted by Crippen LogP contribution is 2.20. The molecule has 0 aliphatic carbocycles. The van der Waals surface area contributed by atoms with Crippen LogP contribution >= 0.6 is 15.9 Å². The Kier molecular flexibility index (Phi) is 4.01. The lowest BCUT2D eigenvalue weighted by Gasteiger charge is -2.08. The Morgan fingerprint density at radius 3 is 2.62 bits per heavy atom. The number of imidazole rings is 1. The summed E-state index contributed by atoms with van der Waals surface area (Å²) >= 11 is 3.15. The van der Waals surface area contributed by atoms with Gasteiger partial charge < -0.3 is 10.3 Å². The Morgan fingerprint density at radius 2 is 1.95 bits per heavy atom. The van der Waals surface area contributed by atoms with Crippen molar-refractivity contribution in [1.82, 2.24) is 9.97 Å². The summed E-state index contributed by atoms with van der Waals surface area (Å²) in [6.07, 6.45) is 3.44. The van der Waals surface area contributed by atoms with Gasteiger partial charge in [-0.05, 0) is 51.3 Å². The van der Waals surface area contributed by atoms with E-state index in [4.69, 9.17) is 0 Å². The zero-order valence-corrected chi connectivity index (χ0v) is 12.7. The molecule has 2 aromatic carbocycles. The maximum absolute atomic E-state index is 13.4. The number of hydrogen-bond acceptors (Lipinski definition) is 2. The van der Waals surface area contributed by atoms with Crippen molar-refractivity contribution in [2.45, 2.75) is 6.54 Å². The van der Waals surface area contributed by atoms with E-state index in [1.54, 1.807) is 18.6 Å². The molecule has 0 radical (unpaired) electrons. The zero-order valence-electron chi connectivity index (χ0n) is 11.1. The number of H-pyrrole nitrogens is 1. The van der Waals surface area contributed by atoms with E-state index >= 15 is 0 Å². The van der Waals surface area contributed by atoms with Gasteiger partial charge in [-0.1, -0.05) is 18.2 Å². The first kappa shape index (κ1) is 13.8. The van der Waals surface area contributed by atoms with Gasteiger partial charge in [-0.25, -0.2) is 9.37 Å². The van der Waals surface area contributed by atoms with Crippen LogP contribution in [0.4, 0.5) is 10.1 Å². The average molecular weight is 346 g/mol. The number of rotatable bonds is 4. The summed E-state index contributed by atoms with van der Waals surface area (Å²) in [7, 11) is 0. The lowest BCUT2D eigenvalue weighted by atomic mass is 10.1. The molecule has 0 saturated carbocycles. The molecule has 106 valence electrons. The second-order valence-electron chi connectivity index (χ2n) is 4.64. The second kappa shape index (κ2) is 6.10. The van der Waals surface area contributed by atoms with E-state index in [2.05, 4.69) is 31.2 Å². The van der Waals surface area contributed by atoms with Gasteiger partial charge in [0.1, 0.15) is 5.82 Å². The minimum Gasteiger partial charge on any atom is -0.381 e. The van der Waals surface area contributed by atoms with Gasteiger partial charge >= 0.3 is 0 Å². The molecule has 0 spiro atoms. The fourth-order valence-corrected chi connectivity index (χ4v) is 2.28. The van der Waals surface area contributed by atoms with Crippen molar-refractivity contribution >= 4 is 21.6 Å². The third-order valence-electron chi connectivity index (χ3n) is 3.17. The van der Waals surface area contributed by atoms with E-state index in [0.29, 0.717) is 11.0 Å². The Hall–Kier alpha value is -2.14. The molecule has 3 rings (SSSR count). The van der Waals surface area contributed by atoms with Gasteiger partial charge in [0.05, 0.1) is 22.7 Å². The summed E-state index contributed by atoms with van der Waals surface area (Å²) in [5.41, 5.74) is 3.94. The number of nitrogens with one attached hydrogen (secondary N) is 2. The molecule has 2 N–H and O–H groups in total. The largest absolute Gasteiger partial charge is 0.381 e. The van der Waals surface area contributed by atoms with Crippen molar-refractivity contribution < 1.29 is 4.39 Å². The Bertz CT molecular complexity index is 724. The summed E-state index contributed by atoms with van der Waals surface area (Å²) in [4.78, 5) is 7.07. The standard InChI is InChI=1S/C16H13BrFN3/c17-14-6-1-11(7-15(14)18)8-20-13-4-2-12(3-5-13)16-9-19-10-21-16/h1-7,9-10,20H,8H2,(H,19,21). The highest BCUT2D eigenvalue weighted by atomic mass is 79.9. The number of benzene rings is 2. The van der Waals surface area contributed by atoms with E-state index in [0.717, 1.165) is 22.5 Å². The summed E-state index contributed by atoms with van der Waals surface area (Å²) < 4.78 is 13.9. The molecule has 1 heterocycles. The Balaban J connectivity index is 1.66. The fourth-order valence-electron chi connectivity index (χ4n) is 2.04. The molecule has 3 aromatic rings. The molecule has 5 heteroatoms. The molecule has 0 fully saturated rings. The van der Waals surface area contributed by atoms with Crippen LogP contribution in [0.15, 0.2) is 59.5 Å². The monoisotopic (exact) mass is 345 g/mol. The van der Waals surface area contributed by atoms with E-state index in [-0.39, 0.29) is 5.82 Å². The second-order valence-corrected chi connectivity index (χ2v) is 5.50. The normalized spacial score (nSPS) is 10.6. The minimum absolute atomic E-state index is 0.246. The molecular weight excluding hydrogens is 333 g/mol. The summed E-state index contributed by atoms with van der Waals surface area (Å²) in [6, 6.07) is 13.1. The molecule has 0 aliphatic heterocycles. The van der Waals surface area contributed by atoms with Crippen molar-refractivity contribution in [2.75, 3.05) is 5.32 Å². The van der Waals surface area contributed by atoms with Crippen LogP contribution < -0.4 is 5.32 Å². The predicted octanol–water partition coefficient (Wildman–Crippen LogP) is 4.59. The van der Waals surface area contributed by atoms with Crippen LogP contribution in [0.2, 0.25) is 0 Å². The lowest BCUT2D eigenvalue weighted by molar-refractivity contribution is 0.619. The summed E-state index contributed by atoms with van der Waals surface area (Å²) in [6.45, 7) is 0.577. The van der Waals surface area contributed by atoms with Crippen molar-refractivity contribution in [1.29, 1.82) is 0 Å². The van der Waals surface area contributed by atoms with Gasteiger partial charge in [0.25, 0.3) is 0 Å². The first-order valence-electron chi connectivity index (χ1n) is 6.49. The fraction of sp³-hybridized carbons (Fsp3) is 0.0625. The highest BCUT2D eigenvalue weighted by molar-refractivity contribution is 9.10. The van der Waals surface area contributed by atoms with E-state index < -0.39 is 0 Å². The topological polar surface area (TPSA) is 40.7 Å². The zero-order chi connectivity index (χ0) is 14.7. The van der Waals surface area contributed by atoms with Crippen LogP contribution in [-0.2, 0) is 6.54 Å². The number of hydrogen-bond donors (Lipinski definition) is 2. The molecule has 0 aliphatic rings. The van der Waals surface area contributed by atoms with E-state index in [9.17, 15) is 4.39 Å². The minimum atomic E-state index is -0.246. The number of aromatic nitrogens is 2.